The lowest BCUT2D eigenvalue weighted by molar-refractivity contribution is 0.0820. The van der Waals surface area contributed by atoms with Crippen LogP contribution in [0.5, 0.6) is 0 Å². The molecule has 0 amide bonds. The van der Waals surface area contributed by atoms with Gasteiger partial charge in [0.05, 0.1) is 18.2 Å². The second-order valence-electron chi connectivity index (χ2n) is 4.25. The lowest BCUT2D eigenvalue weighted by atomic mass is 10.2. The lowest BCUT2D eigenvalue weighted by Gasteiger charge is -2.25. The minimum absolute atomic E-state index is 0.160. The number of hydrogen-bond donors (Lipinski definition) is 0. The summed E-state index contributed by atoms with van der Waals surface area (Å²) in [6.07, 6.45) is 2.35. The zero-order valence-electron chi connectivity index (χ0n) is 9.83. The summed E-state index contributed by atoms with van der Waals surface area (Å²) in [5, 5.41) is 0. The van der Waals surface area contributed by atoms with E-state index in [1.165, 1.54) is 12.3 Å². The summed E-state index contributed by atoms with van der Waals surface area (Å²) >= 11 is 5.84. The molecule has 1 saturated heterocycles. The Hall–Kier alpha value is -0.870. The molecule has 94 valence electrons. The second-order valence-corrected chi connectivity index (χ2v) is 4.52. The number of alkyl halides is 1. The van der Waals surface area contributed by atoms with Gasteiger partial charge in [-0.2, -0.15) is 0 Å². The minimum Gasteiger partial charge on any atom is -0.377 e. The van der Waals surface area contributed by atoms with Crippen LogP contribution in [0.1, 0.15) is 18.9 Å². The molecule has 3 nitrogen and oxygen atoms in total. The van der Waals surface area contributed by atoms with Gasteiger partial charge in [-0.3, -0.25) is 0 Å². The Morgan fingerprint density at radius 1 is 1.65 bits per heavy atom. The van der Waals surface area contributed by atoms with Crippen LogP contribution in [0.25, 0.3) is 0 Å². The quantitative estimate of drug-likeness (QED) is 0.763. The van der Waals surface area contributed by atoms with E-state index >= 15 is 0 Å². The van der Waals surface area contributed by atoms with Gasteiger partial charge in [0.2, 0.25) is 0 Å². The number of pyridine rings is 1. The van der Waals surface area contributed by atoms with Gasteiger partial charge in [0, 0.05) is 25.3 Å². The predicted octanol–water partition coefficient (Wildman–Crippen LogP) is 2.57. The Morgan fingerprint density at radius 3 is 3.24 bits per heavy atom. The van der Waals surface area contributed by atoms with E-state index in [4.69, 9.17) is 16.3 Å². The Labute approximate surface area is 106 Å². The first-order chi connectivity index (χ1) is 8.20. The molecular formula is C12H16ClFN2O. The minimum atomic E-state index is -0.344. The maximum atomic E-state index is 13.1. The van der Waals surface area contributed by atoms with Crippen LogP contribution < -0.4 is 4.90 Å². The van der Waals surface area contributed by atoms with Gasteiger partial charge >= 0.3 is 0 Å². The van der Waals surface area contributed by atoms with E-state index in [1.807, 2.05) is 6.92 Å². The highest BCUT2D eigenvalue weighted by molar-refractivity contribution is 6.17. The van der Waals surface area contributed by atoms with Gasteiger partial charge in [0.1, 0.15) is 11.6 Å². The van der Waals surface area contributed by atoms with Crippen molar-refractivity contribution < 1.29 is 9.13 Å². The fourth-order valence-corrected chi connectivity index (χ4v) is 2.24. The summed E-state index contributed by atoms with van der Waals surface area (Å²) in [6, 6.07) is 1.45. The molecule has 0 radical (unpaired) electrons. The Kier molecular flexibility index (Phi) is 4.18. The average molecular weight is 259 g/mol. The molecule has 1 unspecified atom stereocenters. The lowest BCUT2D eigenvalue weighted by Crippen LogP contribution is -2.31. The molecule has 2 rings (SSSR count). The zero-order chi connectivity index (χ0) is 12.3. The first-order valence-electron chi connectivity index (χ1n) is 5.77. The molecule has 0 aromatic carbocycles. The van der Waals surface area contributed by atoms with Crippen LogP contribution >= 0.6 is 11.6 Å². The normalized spacial score (nSPS) is 21.4. The molecule has 1 aliphatic heterocycles. The molecule has 5 heteroatoms. The van der Waals surface area contributed by atoms with Crippen molar-refractivity contribution in [1.29, 1.82) is 0 Å². The molecule has 1 aliphatic rings. The maximum absolute atomic E-state index is 13.1. The first kappa shape index (κ1) is 12.6. The number of hydrogen-bond acceptors (Lipinski definition) is 3. The number of aromatic nitrogens is 1. The SMILES string of the molecule is CC1CN(c2ncc(F)cc2CCl)CCCO1. The molecule has 0 spiro atoms. The number of nitrogens with zero attached hydrogens (tertiary/aromatic N) is 2. The van der Waals surface area contributed by atoms with Gasteiger partial charge in [-0.05, 0) is 19.4 Å². The van der Waals surface area contributed by atoms with E-state index < -0.39 is 0 Å². The van der Waals surface area contributed by atoms with Crippen molar-refractivity contribution >= 4 is 17.4 Å². The van der Waals surface area contributed by atoms with E-state index in [-0.39, 0.29) is 17.8 Å². The number of halogens is 2. The van der Waals surface area contributed by atoms with Crippen LogP contribution in [0, 0.1) is 5.82 Å². The van der Waals surface area contributed by atoms with E-state index in [2.05, 4.69) is 9.88 Å². The third-order valence-electron chi connectivity index (χ3n) is 2.81. The monoisotopic (exact) mass is 258 g/mol. The van der Waals surface area contributed by atoms with Crippen molar-refractivity contribution in [2.75, 3.05) is 24.6 Å². The van der Waals surface area contributed by atoms with Crippen LogP contribution in [0.15, 0.2) is 12.3 Å². The highest BCUT2D eigenvalue weighted by atomic mass is 35.5. The van der Waals surface area contributed by atoms with Gasteiger partial charge in [-0.25, -0.2) is 9.37 Å². The Bertz CT molecular complexity index is 389. The maximum Gasteiger partial charge on any atom is 0.141 e. The number of ether oxygens (including phenoxy) is 1. The molecule has 0 bridgehead atoms. The summed E-state index contributed by atoms with van der Waals surface area (Å²) < 4.78 is 18.7. The standard InChI is InChI=1S/C12H16ClFN2O/c1-9-8-16(3-2-4-17-9)12-10(6-13)5-11(14)7-15-12/h5,7,9H,2-4,6,8H2,1H3. The summed E-state index contributed by atoms with van der Waals surface area (Å²) in [7, 11) is 0. The summed E-state index contributed by atoms with van der Waals surface area (Å²) in [4.78, 5) is 6.28. The van der Waals surface area contributed by atoms with E-state index in [1.54, 1.807) is 0 Å². The van der Waals surface area contributed by atoms with Crippen LogP contribution in [-0.2, 0) is 10.6 Å². The van der Waals surface area contributed by atoms with E-state index in [0.29, 0.717) is 0 Å². The smallest absolute Gasteiger partial charge is 0.141 e. The first-order valence-corrected chi connectivity index (χ1v) is 6.31. The van der Waals surface area contributed by atoms with Crippen LogP contribution in [0.4, 0.5) is 10.2 Å². The number of rotatable bonds is 2. The highest BCUT2D eigenvalue weighted by Gasteiger charge is 2.19. The van der Waals surface area contributed by atoms with Crippen molar-refractivity contribution in [2.45, 2.75) is 25.3 Å². The number of anilines is 1. The third kappa shape index (κ3) is 3.07. The molecule has 1 aromatic rings. The fraction of sp³-hybridized carbons (Fsp3) is 0.583. The topological polar surface area (TPSA) is 25.4 Å². The molecule has 0 saturated carbocycles. The van der Waals surface area contributed by atoms with E-state index in [9.17, 15) is 4.39 Å². The third-order valence-corrected chi connectivity index (χ3v) is 3.09. The van der Waals surface area contributed by atoms with E-state index in [0.717, 1.165) is 37.5 Å². The van der Waals surface area contributed by atoms with Gasteiger partial charge < -0.3 is 9.64 Å². The molecule has 1 fully saturated rings. The molecule has 0 N–H and O–H groups in total. The van der Waals surface area contributed by atoms with Gasteiger partial charge in [0.15, 0.2) is 0 Å². The van der Waals surface area contributed by atoms with Gasteiger partial charge in [-0.1, -0.05) is 0 Å². The van der Waals surface area contributed by atoms with Gasteiger partial charge in [0.25, 0.3) is 0 Å². The van der Waals surface area contributed by atoms with Crippen LogP contribution in [-0.4, -0.2) is 30.8 Å². The largest absolute Gasteiger partial charge is 0.377 e. The van der Waals surface area contributed by atoms with Crippen LogP contribution in [0.2, 0.25) is 0 Å². The summed E-state index contributed by atoms with van der Waals surface area (Å²) in [5.74, 6) is 0.702. The zero-order valence-corrected chi connectivity index (χ0v) is 10.6. The average Bonchev–Trinajstić information content (AvgIpc) is 2.53. The Balaban J connectivity index is 2.25. The van der Waals surface area contributed by atoms with Crippen molar-refractivity contribution in [2.24, 2.45) is 0 Å². The summed E-state index contributed by atoms with van der Waals surface area (Å²) in [5.41, 5.74) is 0.737. The fourth-order valence-electron chi connectivity index (χ4n) is 2.04. The van der Waals surface area contributed by atoms with Crippen LogP contribution in [0.3, 0.4) is 0 Å². The molecule has 0 aliphatic carbocycles. The molecule has 1 atom stereocenters. The van der Waals surface area contributed by atoms with Crippen molar-refractivity contribution in [3.8, 4) is 0 Å². The van der Waals surface area contributed by atoms with Gasteiger partial charge in [-0.15, -0.1) is 11.6 Å². The second kappa shape index (κ2) is 5.65. The predicted molar refractivity (Wildman–Crippen MR) is 66.0 cm³/mol. The van der Waals surface area contributed by atoms with Crippen molar-refractivity contribution in [1.82, 2.24) is 4.98 Å². The molecular weight excluding hydrogens is 243 g/mol. The molecule has 1 aromatic heterocycles. The van der Waals surface area contributed by atoms with Crippen molar-refractivity contribution in [3.63, 3.8) is 0 Å². The Morgan fingerprint density at radius 2 is 2.47 bits per heavy atom. The highest BCUT2D eigenvalue weighted by Crippen LogP contribution is 2.22. The molecule has 2 heterocycles. The van der Waals surface area contributed by atoms with Crippen molar-refractivity contribution in [3.05, 3.63) is 23.6 Å². The summed E-state index contributed by atoms with van der Waals surface area (Å²) in [6.45, 7) is 4.42. The molecule has 17 heavy (non-hydrogen) atoms.